The molecule has 1 aromatic carbocycles. The molecule has 0 spiro atoms. The predicted molar refractivity (Wildman–Crippen MR) is 81.6 cm³/mol. The maximum atomic E-state index is 14.4. The average Bonchev–Trinajstić information content (AvgIpc) is 2.84. The van der Waals surface area contributed by atoms with Crippen LogP contribution in [0.25, 0.3) is 22.1 Å². The van der Waals surface area contributed by atoms with Gasteiger partial charge in [-0.15, -0.1) is 0 Å². The average molecular weight is 360 g/mol. The summed E-state index contributed by atoms with van der Waals surface area (Å²) in [6, 6.07) is 4.15. The molecule has 2 aromatic heterocycles. The summed E-state index contributed by atoms with van der Waals surface area (Å²) in [4.78, 5) is 12.4. The molecule has 0 amide bonds. The molecular formula is C16H10ClF4NO2. The summed E-state index contributed by atoms with van der Waals surface area (Å²) in [5, 5.41) is 0.248. The van der Waals surface area contributed by atoms with E-state index in [1.807, 2.05) is 0 Å². The number of aryl methyl sites for hydroxylation is 1. The molecule has 3 rings (SSSR count). The van der Waals surface area contributed by atoms with Gasteiger partial charge in [0.15, 0.2) is 5.58 Å². The highest BCUT2D eigenvalue weighted by Gasteiger charge is 2.34. The van der Waals surface area contributed by atoms with Gasteiger partial charge in [0.1, 0.15) is 17.3 Å². The second-order valence-electron chi connectivity index (χ2n) is 5.31. The van der Waals surface area contributed by atoms with Crippen LogP contribution in [-0.4, -0.2) is 4.57 Å². The fraction of sp³-hybridized carbons (Fsp3) is 0.188. The molecule has 0 atom stereocenters. The minimum Gasteiger partial charge on any atom is -0.460 e. The minimum absolute atomic E-state index is 0.0167. The van der Waals surface area contributed by atoms with Crippen molar-refractivity contribution in [1.29, 1.82) is 0 Å². The molecule has 0 radical (unpaired) electrons. The Hall–Kier alpha value is -2.28. The van der Waals surface area contributed by atoms with Gasteiger partial charge in [0.25, 0.3) is 5.56 Å². The topological polar surface area (TPSA) is 35.1 Å². The standard InChI is InChI=1S/C16H10ClF4NO2/c1-7-5-9-13(11(18)6-10(17)14(9)24-7)8-3-4-12(16(19,20)21)22(2)15(8)23/h3-6H,1-2H3. The molecule has 0 fully saturated rings. The molecule has 0 unspecified atom stereocenters. The van der Waals surface area contributed by atoms with Gasteiger partial charge in [-0.05, 0) is 31.2 Å². The van der Waals surface area contributed by atoms with Crippen LogP contribution >= 0.6 is 11.6 Å². The molecule has 3 aromatic rings. The van der Waals surface area contributed by atoms with Crippen molar-refractivity contribution in [1.82, 2.24) is 4.57 Å². The van der Waals surface area contributed by atoms with Gasteiger partial charge in [-0.1, -0.05) is 11.6 Å². The Bertz CT molecular complexity index is 1020. The van der Waals surface area contributed by atoms with Crippen LogP contribution in [0.5, 0.6) is 0 Å². The van der Waals surface area contributed by atoms with Gasteiger partial charge < -0.3 is 8.98 Å². The first kappa shape index (κ1) is 16.6. The highest BCUT2D eigenvalue weighted by Crippen LogP contribution is 2.37. The van der Waals surface area contributed by atoms with Gasteiger partial charge in [0, 0.05) is 18.0 Å². The number of furan rings is 1. The third-order valence-electron chi connectivity index (χ3n) is 3.70. The number of aromatic nitrogens is 1. The Balaban J connectivity index is 2.37. The quantitative estimate of drug-likeness (QED) is 0.578. The summed E-state index contributed by atoms with van der Waals surface area (Å²) in [5.74, 6) is -0.382. The van der Waals surface area contributed by atoms with E-state index < -0.39 is 23.2 Å². The summed E-state index contributed by atoms with van der Waals surface area (Å²) in [7, 11) is 0.986. The van der Waals surface area contributed by atoms with Crippen LogP contribution in [0.2, 0.25) is 5.02 Å². The molecule has 0 saturated heterocycles. The molecule has 0 aliphatic carbocycles. The van der Waals surface area contributed by atoms with Crippen molar-refractivity contribution < 1.29 is 22.0 Å². The summed E-state index contributed by atoms with van der Waals surface area (Å²) < 4.78 is 58.9. The number of halogens is 5. The van der Waals surface area contributed by atoms with Crippen molar-refractivity contribution >= 4 is 22.6 Å². The first-order valence-corrected chi connectivity index (χ1v) is 7.15. The molecule has 0 N–H and O–H groups in total. The second-order valence-corrected chi connectivity index (χ2v) is 5.72. The maximum Gasteiger partial charge on any atom is 0.431 e. The summed E-state index contributed by atoms with van der Waals surface area (Å²) in [6.07, 6.45) is -4.69. The SMILES string of the molecule is Cc1cc2c(-c3ccc(C(F)(F)F)n(C)c3=O)c(F)cc(Cl)c2o1. The number of fused-ring (bicyclic) bond motifs is 1. The van der Waals surface area contributed by atoms with Crippen molar-refractivity contribution in [3.05, 3.63) is 56.9 Å². The van der Waals surface area contributed by atoms with Crippen LogP contribution in [0.4, 0.5) is 17.6 Å². The van der Waals surface area contributed by atoms with Crippen molar-refractivity contribution in [3.63, 3.8) is 0 Å². The van der Waals surface area contributed by atoms with Crippen LogP contribution in [-0.2, 0) is 13.2 Å². The van der Waals surface area contributed by atoms with Gasteiger partial charge in [0.05, 0.1) is 10.6 Å². The summed E-state index contributed by atoms with van der Waals surface area (Å²) in [6.45, 7) is 1.61. The Morgan fingerprint density at radius 1 is 1.21 bits per heavy atom. The van der Waals surface area contributed by atoms with Gasteiger partial charge in [-0.2, -0.15) is 13.2 Å². The van der Waals surface area contributed by atoms with E-state index in [1.165, 1.54) is 6.07 Å². The molecule has 8 heteroatoms. The number of rotatable bonds is 1. The first-order chi connectivity index (χ1) is 11.1. The monoisotopic (exact) mass is 359 g/mol. The van der Waals surface area contributed by atoms with E-state index in [0.717, 1.165) is 25.2 Å². The molecule has 0 saturated carbocycles. The van der Waals surface area contributed by atoms with Gasteiger partial charge in [-0.25, -0.2) is 4.39 Å². The Morgan fingerprint density at radius 3 is 2.50 bits per heavy atom. The van der Waals surface area contributed by atoms with Crippen molar-refractivity contribution in [2.24, 2.45) is 7.05 Å². The second kappa shape index (κ2) is 5.37. The Labute approximate surface area is 138 Å². The molecule has 3 nitrogen and oxygen atoms in total. The van der Waals surface area contributed by atoms with E-state index in [9.17, 15) is 22.4 Å². The number of nitrogens with zero attached hydrogens (tertiary/aromatic N) is 1. The Morgan fingerprint density at radius 2 is 1.88 bits per heavy atom. The molecular weight excluding hydrogens is 350 g/mol. The zero-order valence-corrected chi connectivity index (χ0v) is 13.2. The molecule has 2 heterocycles. The van der Waals surface area contributed by atoms with E-state index in [4.69, 9.17) is 16.0 Å². The lowest BCUT2D eigenvalue weighted by atomic mass is 10.0. The third-order valence-corrected chi connectivity index (χ3v) is 3.98. The number of hydrogen-bond donors (Lipinski definition) is 0. The van der Waals surface area contributed by atoms with E-state index in [-0.39, 0.29) is 27.1 Å². The fourth-order valence-corrected chi connectivity index (χ4v) is 2.88. The molecule has 126 valence electrons. The zero-order valence-electron chi connectivity index (χ0n) is 12.5. The smallest absolute Gasteiger partial charge is 0.431 e. The van der Waals surface area contributed by atoms with Gasteiger partial charge in [0.2, 0.25) is 0 Å². The number of hydrogen-bond acceptors (Lipinski definition) is 2. The largest absolute Gasteiger partial charge is 0.460 e. The molecule has 0 bridgehead atoms. The Kier molecular flexibility index (Phi) is 3.71. The van der Waals surface area contributed by atoms with Gasteiger partial charge in [-0.3, -0.25) is 4.79 Å². The van der Waals surface area contributed by atoms with Crippen LogP contribution in [0.1, 0.15) is 11.5 Å². The van der Waals surface area contributed by atoms with Crippen LogP contribution in [0.3, 0.4) is 0 Å². The lowest BCUT2D eigenvalue weighted by Gasteiger charge is -2.13. The van der Waals surface area contributed by atoms with Crippen molar-refractivity contribution in [2.45, 2.75) is 13.1 Å². The number of alkyl halides is 3. The molecule has 0 aliphatic heterocycles. The van der Waals surface area contributed by atoms with Crippen molar-refractivity contribution in [2.75, 3.05) is 0 Å². The normalized spacial score (nSPS) is 12.1. The lowest BCUT2D eigenvalue weighted by molar-refractivity contribution is -0.143. The minimum atomic E-state index is -4.69. The highest BCUT2D eigenvalue weighted by molar-refractivity contribution is 6.35. The lowest BCUT2D eigenvalue weighted by Crippen LogP contribution is -2.26. The van der Waals surface area contributed by atoms with E-state index in [2.05, 4.69) is 0 Å². The molecule has 24 heavy (non-hydrogen) atoms. The highest BCUT2D eigenvalue weighted by atomic mass is 35.5. The predicted octanol–water partition coefficient (Wildman–Crippen LogP) is 4.92. The zero-order chi connectivity index (χ0) is 17.8. The third kappa shape index (κ3) is 2.49. The number of benzene rings is 1. The first-order valence-electron chi connectivity index (χ1n) is 6.77. The maximum absolute atomic E-state index is 14.4. The van der Waals surface area contributed by atoms with Crippen LogP contribution in [0, 0.1) is 12.7 Å². The summed E-state index contributed by atoms with van der Waals surface area (Å²) in [5.41, 5.74) is -2.25. The van der Waals surface area contributed by atoms with Gasteiger partial charge >= 0.3 is 6.18 Å². The van der Waals surface area contributed by atoms with E-state index in [0.29, 0.717) is 10.3 Å². The number of pyridine rings is 1. The summed E-state index contributed by atoms with van der Waals surface area (Å²) >= 11 is 5.93. The van der Waals surface area contributed by atoms with E-state index in [1.54, 1.807) is 6.92 Å². The van der Waals surface area contributed by atoms with E-state index >= 15 is 0 Å². The van der Waals surface area contributed by atoms with Crippen LogP contribution in [0.15, 0.2) is 33.5 Å². The molecule has 0 aliphatic rings. The van der Waals surface area contributed by atoms with Crippen molar-refractivity contribution in [3.8, 4) is 11.1 Å². The fourth-order valence-electron chi connectivity index (χ4n) is 2.64. The van der Waals surface area contributed by atoms with Crippen LogP contribution < -0.4 is 5.56 Å².